The molecular formula is C4Cl4O3. The first-order valence-corrected chi connectivity index (χ1v) is 3.83. The predicted octanol–water partition coefficient (Wildman–Crippen LogP) is 1.42. The Morgan fingerprint density at radius 2 is 1.18 bits per heavy atom. The van der Waals surface area contributed by atoms with E-state index in [0.29, 0.717) is 0 Å². The SMILES string of the molecule is O=C1OC(=O)C(Cl)(Cl)C1(Cl)Cl. The highest BCUT2D eigenvalue weighted by molar-refractivity contribution is 6.75. The molecule has 0 atom stereocenters. The lowest BCUT2D eigenvalue weighted by molar-refractivity contribution is -0.152. The molecule has 0 bridgehead atoms. The van der Waals surface area contributed by atoms with Gasteiger partial charge in [0.2, 0.25) is 0 Å². The van der Waals surface area contributed by atoms with Crippen molar-refractivity contribution in [2.45, 2.75) is 8.67 Å². The van der Waals surface area contributed by atoms with E-state index in [9.17, 15) is 9.59 Å². The summed E-state index contributed by atoms with van der Waals surface area (Å²) < 4.78 is -0.444. The molecule has 0 saturated carbocycles. The highest BCUT2D eigenvalue weighted by Crippen LogP contribution is 2.48. The van der Waals surface area contributed by atoms with Gasteiger partial charge in [-0.3, -0.25) is 0 Å². The van der Waals surface area contributed by atoms with Crippen LogP contribution in [0.1, 0.15) is 0 Å². The van der Waals surface area contributed by atoms with Gasteiger partial charge in [0, 0.05) is 0 Å². The van der Waals surface area contributed by atoms with E-state index in [-0.39, 0.29) is 0 Å². The third-order valence-corrected chi connectivity index (χ3v) is 3.23. The van der Waals surface area contributed by atoms with E-state index in [1.54, 1.807) is 0 Å². The molecule has 1 rings (SSSR count). The molecule has 11 heavy (non-hydrogen) atoms. The van der Waals surface area contributed by atoms with Crippen molar-refractivity contribution >= 4 is 58.3 Å². The van der Waals surface area contributed by atoms with E-state index in [2.05, 4.69) is 4.74 Å². The summed E-state index contributed by atoms with van der Waals surface area (Å²) in [4.78, 5) is 21.3. The second-order valence-corrected chi connectivity index (χ2v) is 4.48. The third-order valence-electron chi connectivity index (χ3n) is 1.09. The molecule has 0 amide bonds. The number of cyclic esters (lactones) is 2. The van der Waals surface area contributed by atoms with Crippen LogP contribution in [0.25, 0.3) is 0 Å². The van der Waals surface area contributed by atoms with Crippen molar-refractivity contribution in [1.82, 2.24) is 0 Å². The Morgan fingerprint density at radius 1 is 0.909 bits per heavy atom. The van der Waals surface area contributed by atoms with Gasteiger partial charge in [-0.1, -0.05) is 46.4 Å². The molecule has 62 valence electrons. The van der Waals surface area contributed by atoms with Gasteiger partial charge in [-0.25, -0.2) is 9.59 Å². The van der Waals surface area contributed by atoms with Crippen LogP contribution in [0, 0.1) is 0 Å². The van der Waals surface area contributed by atoms with Crippen LogP contribution in [0.5, 0.6) is 0 Å². The fourth-order valence-corrected chi connectivity index (χ4v) is 0.932. The average Bonchev–Trinajstić information content (AvgIpc) is 1.95. The Morgan fingerprint density at radius 3 is 1.27 bits per heavy atom. The topological polar surface area (TPSA) is 43.4 Å². The summed E-state index contributed by atoms with van der Waals surface area (Å²) >= 11 is 21.2. The number of halogens is 4. The van der Waals surface area contributed by atoms with Gasteiger partial charge in [-0.15, -0.1) is 0 Å². The zero-order chi connectivity index (χ0) is 8.86. The molecule has 1 saturated heterocycles. The zero-order valence-corrected chi connectivity index (χ0v) is 7.76. The standard InChI is InChI=1S/C4Cl4O3/c5-3(6)1(9)11-2(10)4(3,7)8. The number of ether oxygens (including phenoxy) is 1. The molecule has 0 aromatic heterocycles. The van der Waals surface area contributed by atoms with Crippen LogP contribution in [-0.4, -0.2) is 20.6 Å². The maximum Gasteiger partial charge on any atom is 0.354 e. The minimum atomic E-state index is -2.22. The minimum absolute atomic E-state index is 1.16. The molecule has 1 fully saturated rings. The monoisotopic (exact) mass is 236 g/mol. The summed E-state index contributed by atoms with van der Waals surface area (Å²) in [5, 5.41) is 0. The molecule has 0 N–H and O–H groups in total. The van der Waals surface area contributed by atoms with Crippen molar-refractivity contribution in [2.24, 2.45) is 0 Å². The van der Waals surface area contributed by atoms with Gasteiger partial charge in [0.1, 0.15) is 0 Å². The smallest absolute Gasteiger partial charge is 0.354 e. The Labute approximate surface area is 81.5 Å². The molecule has 0 radical (unpaired) electrons. The number of carbonyl (C=O) groups excluding carboxylic acids is 2. The molecule has 0 unspecified atom stereocenters. The molecule has 0 aromatic carbocycles. The summed E-state index contributed by atoms with van der Waals surface area (Å²) in [7, 11) is 0. The van der Waals surface area contributed by atoms with Crippen molar-refractivity contribution in [3.05, 3.63) is 0 Å². The molecule has 1 aliphatic rings. The Bertz CT molecular complexity index is 209. The molecule has 1 aliphatic heterocycles. The second-order valence-electron chi connectivity index (χ2n) is 1.83. The summed E-state index contributed by atoms with van der Waals surface area (Å²) in [6.45, 7) is 0. The summed E-state index contributed by atoms with van der Waals surface area (Å²) in [5.41, 5.74) is 0. The van der Waals surface area contributed by atoms with Gasteiger partial charge in [0.15, 0.2) is 0 Å². The van der Waals surface area contributed by atoms with Crippen molar-refractivity contribution in [3.8, 4) is 0 Å². The molecule has 0 spiro atoms. The van der Waals surface area contributed by atoms with E-state index < -0.39 is 20.6 Å². The molecule has 7 heteroatoms. The molecule has 1 heterocycles. The van der Waals surface area contributed by atoms with E-state index >= 15 is 0 Å². The largest absolute Gasteiger partial charge is 0.388 e. The molecule has 3 nitrogen and oxygen atoms in total. The van der Waals surface area contributed by atoms with Crippen LogP contribution >= 0.6 is 46.4 Å². The summed E-state index contributed by atoms with van der Waals surface area (Å²) in [6, 6.07) is 0. The van der Waals surface area contributed by atoms with Crippen LogP contribution in [0.15, 0.2) is 0 Å². The number of esters is 2. The average molecular weight is 238 g/mol. The minimum Gasteiger partial charge on any atom is -0.388 e. The van der Waals surface area contributed by atoms with Gasteiger partial charge >= 0.3 is 11.9 Å². The molecule has 0 aliphatic carbocycles. The first kappa shape index (κ1) is 9.39. The lowest BCUT2D eigenvalue weighted by Gasteiger charge is -2.15. The lowest BCUT2D eigenvalue weighted by Crippen LogP contribution is -2.38. The number of hydrogen-bond acceptors (Lipinski definition) is 3. The van der Waals surface area contributed by atoms with Crippen LogP contribution < -0.4 is 0 Å². The highest BCUT2D eigenvalue weighted by atomic mass is 35.5. The molecular weight excluding hydrogens is 238 g/mol. The number of carbonyl (C=O) groups is 2. The quantitative estimate of drug-likeness (QED) is 0.364. The van der Waals surface area contributed by atoms with E-state index in [1.165, 1.54) is 0 Å². The van der Waals surface area contributed by atoms with Crippen molar-refractivity contribution < 1.29 is 14.3 Å². The normalized spacial score (nSPS) is 26.9. The lowest BCUT2D eigenvalue weighted by atomic mass is 10.3. The Kier molecular flexibility index (Phi) is 2.04. The maximum absolute atomic E-state index is 10.6. The second kappa shape index (κ2) is 2.39. The third kappa shape index (κ3) is 1.11. The summed E-state index contributed by atoms with van der Waals surface area (Å²) in [6.07, 6.45) is 0. The van der Waals surface area contributed by atoms with Gasteiger partial charge in [0.25, 0.3) is 8.67 Å². The van der Waals surface area contributed by atoms with Crippen LogP contribution in [-0.2, 0) is 14.3 Å². The summed E-state index contributed by atoms with van der Waals surface area (Å²) in [5.74, 6) is -2.31. The zero-order valence-electron chi connectivity index (χ0n) is 4.74. The first-order valence-electron chi connectivity index (χ1n) is 2.32. The van der Waals surface area contributed by atoms with E-state index in [0.717, 1.165) is 0 Å². The van der Waals surface area contributed by atoms with Gasteiger partial charge < -0.3 is 4.74 Å². The van der Waals surface area contributed by atoms with Crippen molar-refractivity contribution in [1.29, 1.82) is 0 Å². The molecule has 0 aromatic rings. The van der Waals surface area contributed by atoms with Crippen LogP contribution in [0.3, 0.4) is 0 Å². The first-order chi connectivity index (χ1) is 4.80. The fraction of sp³-hybridized carbons (Fsp3) is 0.500. The van der Waals surface area contributed by atoms with E-state index in [4.69, 9.17) is 46.4 Å². The van der Waals surface area contributed by atoms with E-state index in [1.807, 2.05) is 0 Å². The fourth-order valence-electron chi connectivity index (χ4n) is 0.469. The van der Waals surface area contributed by atoms with Gasteiger partial charge in [-0.2, -0.15) is 0 Å². The Balaban J connectivity index is 3.15. The predicted molar refractivity (Wildman–Crippen MR) is 40.0 cm³/mol. The van der Waals surface area contributed by atoms with Crippen molar-refractivity contribution in [3.63, 3.8) is 0 Å². The maximum atomic E-state index is 10.6. The van der Waals surface area contributed by atoms with Crippen molar-refractivity contribution in [2.75, 3.05) is 0 Å². The number of hydrogen-bond donors (Lipinski definition) is 0. The number of rotatable bonds is 0. The van der Waals surface area contributed by atoms with Crippen LogP contribution in [0.2, 0.25) is 0 Å². The highest BCUT2D eigenvalue weighted by Gasteiger charge is 2.67. The van der Waals surface area contributed by atoms with Gasteiger partial charge in [0.05, 0.1) is 0 Å². The van der Waals surface area contributed by atoms with Gasteiger partial charge in [-0.05, 0) is 0 Å². The number of alkyl halides is 4. The van der Waals surface area contributed by atoms with Crippen LogP contribution in [0.4, 0.5) is 0 Å². The Hall–Kier alpha value is 0.300.